The Labute approximate surface area is 178 Å². The number of hydrogen-bond donors (Lipinski definition) is 2. The summed E-state index contributed by atoms with van der Waals surface area (Å²) in [6.07, 6.45) is 0. The van der Waals surface area contributed by atoms with Gasteiger partial charge >= 0.3 is 6.03 Å². The van der Waals surface area contributed by atoms with Gasteiger partial charge in [0.1, 0.15) is 5.69 Å². The lowest BCUT2D eigenvalue weighted by molar-refractivity contribution is 0.262. The lowest BCUT2D eigenvalue weighted by Gasteiger charge is -2.12. The summed E-state index contributed by atoms with van der Waals surface area (Å²) >= 11 is 5.93. The summed E-state index contributed by atoms with van der Waals surface area (Å²) in [4.78, 5) is 29.2. The van der Waals surface area contributed by atoms with Crippen LogP contribution in [-0.4, -0.2) is 15.6 Å². The maximum absolute atomic E-state index is 12.6. The molecule has 0 fully saturated rings. The molecule has 1 aromatic heterocycles. The Morgan fingerprint density at radius 2 is 1.70 bits per heavy atom. The number of nitrogens with one attached hydrogen (secondary N) is 2. The maximum Gasteiger partial charge on any atom is 0.323 e. The highest BCUT2D eigenvalue weighted by Crippen LogP contribution is 2.17. The highest BCUT2D eigenvalue weighted by atomic mass is 35.5. The number of carbonyl (C=O) groups excluding carboxylic acids is 1. The Bertz CT molecular complexity index is 1280. The number of aryl methyl sites for hydroxylation is 1. The van der Waals surface area contributed by atoms with E-state index in [0.717, 1.165) is 16.6 Å². The van der Waals surface area contributed by atoms with Gasteiger partial charge in [-0.05, 0) is 55.0 Å². The molecule has 150 valence electrons. The zero-order valence-corrected chi connectivity index (χ0v) is 17.0. The van der Waals surface area contributed by atoms with Crippen LogP contribution in [0.25, 0.3) is 11.0 Å². The Morgan fingerprint density at radius 1 is 0.967 bits per heavy atom. The van der Waals surface area contributed by atoms with Gasteiger partial charge in [-0.15, -0.1) is 0 Å². The minimum Gasteiger partial charge on any atom is -0.308 e. The number of urea groups is 1. The van der Waals surface area contributed by atoms with Gasteiger partial charge in [0, 0.05) is 16.4 Å². The molecule has 0 spiro atoms. The molecule has 4 aromatic rings. The Balaban J connectivity index is 1.49. The van der Waals surface area contributed by atoms with E-state index in [1.807, 2.05) is 36.4 Å². The second-order valence-electron chi connectivity index (χ2n) is 6.86. The van der Waals surface area contributed by atoms with Crippen LogP contribution in [0.3, 0.4) is 0 Å². The van der Waals surface area contributed by atoms with E-state index in [9.17, 15) is 9.59 Å². The molecule has 0 aliphatic carbocycles. The fourth-order valence-electron chi connectivity index (χ4n) is 3.21. The molecular formula is C23H19ClN4O2. The van der Waals surface area contributed by atoms with Gasteiger partial charge < -0.3 is 15.2 Å². The normalized spacial score (nSPS) is 10.7. The van der Waals surface area contributed by atoms with Crippen LogP contribution in [0.2, 0.25) is 5.02 Å². The molecule has 2 amide bonds. The number of aromatic nitrogens is 2. The minimum atomic E-state index is -0.364. The van der Waals surface area contributed by atoms with Crippen molar-refractivity contribution in [2.75, 3.05) is 10.6 Å². The van der Waals surface area contributed by atoms with Gasteiger partial charge in [-0.25, -0.2) is 9.78 Å². The molecule has 0 saturated heterocycles. The average Bonchev–Trinajstić information content (AvgIpc) is 2.72. The number of anilines is 2. The van der Waals surface area contributed by atoms with Crippen LogP contribution in [-0.2, 0) is 6.54 Å². The zero-order valence-electron chi connectivity index (χ0n) is 16.2. The summed E-state index contributed by atoms with van der Waals surface area (Å²) in [5, 5.41) is 6.06. The molecule has 3 aromatic carbocycles. The lowest BCUT2D eigenvalue weighted by atomic mass is 10.2. The van der Waals surface area contributed by atoms with Crippen molar-refractivity contribution in [1.82, 2.24) is 9.55 Å². The topological polar surface area (TPSA) is 76.0 Å². The van der Waals surface area contributed by atoms with E-state index in [2.05, 4.69) is 15.6 Å². The molecule has 30 heavy (non-hydrogen) atoms. The van der Waals surface area contributed by atoms with E-state index >= 15 is 0 Å². The summed E-state index contributed by atoms with van der Waals surface area (Å²) < 4.78 is 1.71. The van der Waals surface area contributed by atoms with Gasteiger partial charge in [-0.3, -0.25) is 4.79 Å². The first-order valence-electron chi connectivity index (χ1n) is 9.38. The number of amides is 2. The number of hydrogen-bond acceptors (Lipinski definition) is 3. The van der Waals surface area contributed by atoms with Crippen LogP contribution in [0, 0.1) is 6.92 Å². The third-order valence-corrected chi connectivity index (χ3v) is 4.89. The SMILES string of the molecule is Cc1nc2ccccc2n(Cc2ccc(NC(=O)Nc3cccc(Cl)c3)cc2)c1=O. The number of nitrogens with zero attached hydrogens (tertiary/aromatic N) is 2. The van der Waals surface area contributed by atoms with Crippen LogP contribution in [0.5, 0.6) is 0 Å². The van der Waals surface area contributed by atoms with Gasteiger partial charge in [0.15, 0.2) is 0 Å². The van der Waals surface area contributed by atoms with Crippen molar-refractivity contribution in [2.45, 2.75) is 13.5 Å². The molecule has 1 heterocycles. The second-order valence-corrected chi connectivity index (χ2v) is 7.30. The second kappa shape index (κ2) is 8.39. The summed E-state index contributed by atoms with van der Waals surface area (Å²) in [7, 11) is 0. The molecule has 0 radical (unpaired) electrons. The van der Waals surface area contributed by atoms with Gasteiger partial charge in [-0.2, -0.15) is 0 Å². The van der Waals surface area contributed by atoms with E-state index in [-0.39, 0.29) is 11.6 Å². The highest BCUT2D eigenvalue weighted by molar-refractivity contribution is 6.30. The van der Waals surface area contributed by atoms with Crippen molar-refractivity contribution in [3.05, 3.63) is 99.4 Å². The number of rotatable bonds is 4. The Kier molecular flexibility index (Phi) is 5.50. The van der Waals surface area contributed by atoms with Gasteiger partial charge in [0.25, 0.3) is 5.56 Å². The summed E-state index contributed by atoms with van der Waals surface area (Å²) in [5.74, 6) is 0. The minimum absolute atomic E-state index is 0.114. The molecule has 0 unspecified atom stereocenters. The van der Waals surface area contributed by atoms with Crippen molar-refractivity contribution in [3.63, 3.8) is 0 Å². The first-order chi connectivity index (χ1) is 14.5. The monoisotopic (exact) mass is 418 g/mol. The molecule has 2 N–H and O–H groups in total. The first-order valence-corrected chi connectivity index (χ1v) is 9.76. The van der Waals surface area contributed by atoms with Crippen molar-refractivity contribution in [3.8, 4) is 0 Å². The third kappa shape index (κ3) is 4.34. The highest BCUT2D eigenvalue weighted by Gasteiger charge is 2.09. The predicted molar refractivity (Wildman–Crippen MR) is 120 cm³/mol. The zero-order chi connectivity index (χ0) is 21.1. The molecular weight excluding hydrogens is 400 g/mol. The molecule has 0 aliphatic rings. The molecule has 6 nitrogen and oxygen atoms in total. The molecule has 7 heteroatoms. The van der Waals surface area contributed by atoms with Crippen molar-refractivity contribution >= 4 is 40.0 Å². The summed E-state index contributed by atoms with van der Waals surface area (Å²) in [6, 6.07) is 21.5. The van der Waals surface area contributed by atoms with E-state index in [0.29, 0.717) is 28.6 Å². The average molecular weight is 419 g/mol. The first kappa shape index (κ1) is 19.7. The van der Waals surface area contributed by atoms with Crippen LogP contribution in [0.4, 0.5) is 16.2 Å². The maximum atomic E-state index is 12.6. The summed E-state index contributed by atoms with van der Waals surface area (Å²) in [5.41, 5.74) is 4.11. The van der Waals surface area contributed by atoms with Crippen molar-refractivity contribution < 1.29 is 4.79 Å². The Morgan fingerprint density at radius 3 is 2.47 bits per heavy atom. The number of carbonyl (C=O) groups is 1. The van der Waals surface area contributed by atoms with Gasteiger partial charge in [-0.1, -0.05) is 41.9 Å². The third-order valence-electron chi connectivity index (χ3n) is 4.65. The molecule has 4 rings (SSSR count). The van der Waals surface area contributed by atoms with Gasteiger partial charge in [0.2, 0.25) is 0 Å². The van der Waals surface area contributed by atoms with E-state index in [1.54, 1.807) is 47.9 Å². The fraction of sp³-hybridized carbons (Fsp3) is 0.0870. The van der Waals surface area contributed by atoms with Crippen molar-refractivity contribution in [2.24, 2.45) is 0 Å². The smallest absolute Gasteiger partial charge is 0.308 e. The summed E-state index contributed by atoms with van der Waals surface area (Å²) in [6.45, 7) is 2.13. The standard InChI is InChI=1S/C23H19ClN4O2/c1-15-22(29)28(21-8-3-2-7-20(21)25-15)14-16-9-11-18(12-10-16)26-23(30)27-19-6-4-5-17(24)13-19/h2-13H,14H2,1H3,(H2,26,27,30). The largest absolute Gasteiger partial charge is 0.323 e. The van der Waals surface area contributed by atoms with Gasteiger partial charge in [0.05, 0.1) is 17.6 Å². The molecule has 0 atom stereocenters. The van der Waals surface area contributed by atoms with E-state index in [4.69, 9.17) is 11.6 Å². The lowest BCUT2D eigenvalue weighted by Crippen LogP contribution is -2.24. The van der Waals surface area contributed by atoms with E-state index < -0.39 is 0 Å². The Hall–Kier alpha value is -3.64. The van der Waals surface area contributed by atoms with Crippen LogP contribution in [0.15, 0.2) is 77.6 Å². The fourth-order valence-corrected chi connectivity index (χ4v) is 3.40. The molecule has 0 saturated carbocycles. The number of halogens is 1. The number of para-hydroxylation sites is 2. The molecule has 0 bridgehead atoms. The van der Waals surface area contributed by atoms with E-state index in [1.165, 1.54) is 0 Å². The number of fused-ring (bicyclic) bond motifs is 1. The number of benzene rings is 3. The van der Waals surface area contributed by atoms with Crippen LogP contribution in [0.1, 0.15) is 11.3 Å². The quantitative estimate of drug-likeness (QED) is 0.487. The van der Waals surface area contributed by atoms with Crippen molar-refractivity contribution in [1.29, 1.82) is 0 Å². The molecule has 0 aliphatic heterocycles. The van der Waals surface area contributed by atoms with Crippen LogP contribution < -0.4 is 16.2 Å². The predicted octanol–water partition coefficient (Wildman–Crippen LogP) is 5.05. The van der Waals surface area contributed by atoms with Crippen LogP contribution >= 0.6 is 11.6 Å².